The van der Waals surface area contributed by atoms with Crippen molar-refractivity contribution < 1.29 is 14.3 Å². The molecule has 0 saturated carbocycles. The van der Waals surface area contributed by atoms with Gasteiger partial charge in [0.25, 0.3) is 5.91 Å². The van der Waals surface area contributed by atoms with Crippen LogP contribution in [0.3, 0.4) is 0 Å². The summed E-state index contributed by atoms with van der Waals surface area (Å²) in [4.78, 5) is 22.6. The van der Waals surface area contributed by atoms with Gasteiger partial charge in [0.2, 0.25) is 5.91 Å². The second-order valence-corrected chi connectivity index (χ2v) is 4.04. The summed E-state index contributed by atoms with van der Waals surface area (Å²) >= 11 is 0. The molecule has 0 aliphatic rings. The maximum Gasteiger partial charge on any atom is 0.257 e. The molecule has 1 aromatic carbocycles. The summed E-state index contributed by atoms with van der Waals surface area (Å²) < 4.78 is 5.28. The molecule has 0 aromatic heterocycles. The van der Waals surface area contributed by atoms with Gasteiger partial charge in [-0.05, 0) is 38.1 Å². The minimum atomic E-state index is -0.561. The van der Waals surface area contributed by atoms with Crippen LogP contribution in [0, 0.1) is 0 Å². The van der Waals surface area contributed by atoms with E-state index in [1.807, 2.05) is 6.92 Å². The van der Waals surface area contributed by atoms with Crippen molar-refractivity contribution in [2.24, 2.45) is 5.73 Å². The van der Waals surface area contributed by atoms with Crippen LogP contribution in [0.2, 0.25) is 0 Å². The Labute approximate surface area is 124 Å². The summed E-state index contributed by atoms with van der Waals surface area (Å²) in [6.07, 6.45) is 0. The number of likely N-dealkylation sites (N-methyl/N-ethyl adjacent to an activating group) is 1. The fraction of sp³-hybridized carbons (Fsp3) is 0.385. The minimum Gasteiger partial charge on any atom is -0.484 e. The van der Waals surface area contributed by atoms with Crippen molar-refractivity contribution in [3.8, 4) is 5.75 Å². The molecule has 0 fully saturated rings. The van der Waals surface area contributed by atoms with E-state index >= 15 is 0 Å². The number of anilines is 1. The number of nitrogens with one attached hydrogen (secondary N) is 2. The van der Waals surface area contributed by atoms with Crippen LogP contribution in [-0.4, -0.2) is 31.0 Å². The SMILES string of the molecule is CCNC(=O)COc1ccc(NC(=O)[C@@H](C)N)cc1.Cl. The predicted molar refractivity (Wildman–Crippen MR) is 80.1 cm³/mol. The van der Waals surface area contributed by atoms with Crippen molar-refractivity contribution in [1.82, 2.24) is 5.32 Å². The van der Waals surface area contributed by atoms with E-state index in [1.54, 1.807) is 31.2 Å². The van der Waals surface area contributed by atoms with Gasteiger partial charge in [-0.2, -0.15) is 0 Å². The predicted octanol–water partition coefficient (Wildman–Crippen LogP) is 0.909. The zero-order valence-corrected chi connectivity index (χ0v) is 12.3. The van der Waals surface area contributed by atoms with Crippen LogP contribution in [-0.2, 0) is 9.59 Å². The fourth-order valence-corrected chi connectivity index (χ4v) is 1.29. The quantitative estimate of drug-likeness (QED) is 0.728. The Morgan fingerprint density at radius 3 is 2.40 bits per heavy atom. The Bertz CT molecular complexity index is 435. The Kier molecular flexibility index (Phi) is 8.35. The summed E-state index contributed by atoms with van der Waals surface area (Å²) in [5.74, 6) is 0.137. The van der Waals surface area contributed by atoms with Crippen LogP contribution in [0.5, 0.6) is 5.75 Å². The van der Waals surface area contributed by atoms with Crippen LogP contribution in [0.15, 0.2) is 24.3 Å². The maximum atomic E-state index is 11.4. The van der Waals surface area contributed by atoms with Gasteiger partial charge in [-0.3, -0.25) is 9.59 Å². The van der Waals surface area contributed by atoms with Crippen molar-refractivity contribution in [3.63, 3.8) is 0 Å². The topological polar surface area (TPSA) is 93.5 Å². The van der Waals surface area contributed by atoms with Crippen molar-refractivity contribution in [3.05, 3.63) is 24.3 Å². The van der Waals surface area contributed by atoms with E-state index in [1.165, 1.54) is 0 Å². The second kappa shape index (κ2) is 9.17. The third-order valence-electron chi connectivity index (χ3n) is 2.28. The first kappa shape index (κ1) is 18.2. The molecule has 0 heterocycles. The lowest BCUT2D eigenvalue weighted by atomic mass is 10.2. The average Bonchev–Trinajstić information content (AvgIpc) is 2.38. The monoisotopic (exact) mass is 301 g/mol. The molecule has 0 radical (unpaired) electrons. The molecule has 2 amide bonds. The normalized spacial score (nSPS) is 10.9. The highest BCUT2D eigenvalue weighted by Crippen LogP contribution is 2.15. The van der Waals surface area contributed by atoms with Crippen molar-refractivity contribution in [2.45, 2.75) is 19.9 Å². The summed E-state index contributed by atoms with van der Waals surface area (Å²) in [6, 6.07) is 6.17. The first-order valence-electron chi connectivity index (χ1n) is 6.09. The Morgan fingerprint density at radius 2 is 1.90 bits per heavy atom. The van der Waals surface area contributed by atoms with Gasteiger partial charge in [0.05, 0.1) is 6.04 Å². The Balaban J connectivity index is 0.00000361. The largest absolute Gasteiger partial charge is 0.484 e. The highest BCUT2D eigenvalue weighted by atomic mass is 35.5. The number of amides is 2. The molecule has 4 N–H and O–H groups in total. The number of hydrogen-bond acceptors (Lipinski definition) is 4. The molecule has 0 bridgehead atoms. The lowest BCUT2D eigenvalue weighted by Crippen LogP contribution is -2.32. The molecular formula is C13H20ClN3O3. The average molecular weight is 302 g/mol. The van der Waals surface area contributed by atoms with E-state index in [0.717, 1.165) is 0 Å². The summed E-state index contributed by atoms with van der Waals surface area (Å²) in [6.45, 7) is 4.00. The van der Waals surface area contributed by atoms with Crippen LogP contribution < -0.4 is 21.1 Å². The smallest absolute Gasteiger partial charge is 0.257 e. The molecule has 1 aromatic rings. The highest BCUT2D eigenvalue weighted by molar-refractivity contribution is 5.94. The van der Waals surface area contributed by atoms with Gasteiger partial charge < -0.3 is 21.1 Å². The molecule has 0 unspecified atom stereocenters. The van der Waals surface area contributed by atoms with Crippen LogP contribution >= 0.6 is 12.4 Å². The van der Waals surface area contributed by atoms with E-state index in [2.05, 4.69) is 10.6 Å². The van der Waals surface area contributed by atoms with Crippen LogP contribution in [0.4, 0.5) is 5.69 Å². The van der Waals surface area contributed by atoms with Gasteiger partial charge in [-0.1, -0.05) is 0 Å². The molecule has 6 nitrogen and oxygen atoms in total. The Hall–Kier alpha value is -1.79. The van der Waals surface area contributed by atoms with Gasteiger partial charge in [0.15, 0.2) is 6.61 Å². The third-order valence-corrected chi connectivity index (χ3v) is 2.28. The summed E-state index contributed by atoms with van der Waals surface area (Å²) in [5.41, 5.74) is 6.07. The molecule has 1 rings (SSSR count). The molecule has 0 spiro atoms. The number of halogens is 1. The number of carbonyl (C=O) groups excluding carboxylic acids is 2. The van der Waals surface area contributed by atoms with E-state index in [4.69, 9.17) is 10.5 Å². The van der Waals surface area contributed by atoms with Crippen LogP contribution in [0.1, 0.15) is 13.8 Å². The van der Waals surface area contributed by atoms with Crippen LogP contribution in [0.25, 0.3) is 0 Å². The number of ether oxygens (including phenoxy) is 1. The first-order valence-corrected chi connectivity index (χ1v) is 6.09. The number of hydrogen-bond donors (Lipinski definition) is 3. The van der Waals surface area contributed by atoms with E-state index in [-0.39, 0.29) is 30.8 Å². The zero-order valence-electron chi connectivity index (χ0n) is 11.5. The Morgan fingerprint density at radius 1 is 1.30 bits per heavy atom. The van der Waals surface area contributed by atoms with Gasteiger partial charge in [0.1, 0.15) is 5.75 Å². The highest BCUT2D eigenvalue weighted by Gasteiger charge is 2.07. The molecule has 0 saturated heterocycles. The molecule has 7 heteroatoms. The van der Waals surface area contributed by atoms with Gasteiger partial charge in [-0.25, -0.2) is 0 Å². The van der Waals surface area contributed by atoms with Gasteiger partial charge in [0, 0.05) is 12.2 Å². The molecule has 1 atom stereocenters. The number of benzene rings is 1. The van der Waals surface area contributed by atoms with Gasteiger partial charge in [-0.15, -0.1) is 12.4 Å². The number of nitrogens with two attached hydrogens (primary N) is 1. The van der Waals surface area contributed by atoms with E-state index < -0.39 is 6.04 Å². The lowest BCUT2D eigenvalue weighted by Gasteiger charge is -2.09. The summed E-state index contributed by atoms with van der Waals surface area (Å²) in [7, 11) is 0. The molecule has 0 aliphatic heterocycles. The molecular weight excluding hydrogens is 282 g/mol. The maximum absolute atomic E-state index is 11.4. The minimum absolute atomic E-state index is 0. The van der Waals surface area contributed by atoms with Gasteiger partial charge >= 0.3 is 0 Å². The molecule has 20 heavy (non-hydrogen) atoms. The lowest BCUT2D eigenvalue weighted by molar-refractivity contribution is -0.123. The van der Waals surface area contributed by atoms with Crippen molar-refractivity contribution >= 4 is 29.9 Å². The standard InChI is InChI=1S/C13H19N3O3.ClH/c1-3-15-12(17)8-19-11-6-4-10(5-7-11)16-13(18)9(2)14;/h4-7,9H,3,8,14H2,1-2H3,(H,15,17)(H,16,18);1H/t9-;/m1./s1. The molecule has 112 valence electrons. The first-order chi connectivity index (χ1) is 9.02. The van der Waals surface area contributed by atoms with Crippen molar-refractivity contribution in [2.75, 3.05) is 18.5 Å². The number of rotatable bonds is 6. The van der Waals surface area contributed by atoms with Crippen molar-refractivity contribution in [1.29, 1.82) is 0 Å². The van der Waals surface area contributed by atoms with E-state index in [0.29, 0.717) is 18.0 Å². The third kappa shape index (κ3) is 6.40. The zero-order chi connectivity index (χ0) is 14.3. The fourth-order valence-electron chi connectivity index (χ4n) is 1.29. The second-order valence-electron chi connectivity index (χ2n) is 4.04. The summed E-state index contributed by atoms with van der Waals surface area (Å²) in [5, 5.41) is 5.29. The molecule has 0 aliphatic carbocycles. The number of carbonyl (C=O) groups is 2. The van der Waals surface area contributed by atoms with E-state index in [9.17, 15) is 9.59 Å².